The SMILES string of the molecule is COC(=O)c1ccc2c(C3CCCCC3)c3n(c2c1)CC(C(=O)N1CCC(N2CCC(F)CC2)CC1)=Cc1ccccc1-3. The number of fused-ring (bicyclic) bond motifs is 5. The second-order valence-electron chi connectivity index (χ2n) is 12.9. The van der Waals surface area contributed by atoms with Crippen LogP contribution in [0.2, 0.25) is 0 Å². The second kappa shape index (κ2) is 11.9. The highest BCUT2D eigenvalue weighted by atomic mass is 19.1. The highest BCUT2D eigenvalue weighted by molar-refractivity contribution is 6.03. The molecule has 2 saturated heterocycles. The zero-order valence-corrected chi connectivity index (χ0v) is 25.2. The third-order valence-electron chi connectivity index (χ3n) is 10.4. The minimum atomic E-state index is -0.667. The molecular formula is C36H42FN3O3. The number of aromatic nitrogens is 1. The summed E-state index contributed by atoms with van der Waals surface area (Å²) in [5.74, 6) is 0.188. The fourth-order valence-electron chi connectivity index (χ4n) is 8.12. The summed E-state index contributed by atoms with van der Waals surface area (Å²) in [5.41, 5.74) is 7.06. The van der Waals surface area contributed by atoms with E-state index in [-0.39, 0.29) is 11.9 Å². The minimum absolute atomic E-state index is 0.0914. The number of likely N-dealkylation sites (tertiary alicyclic amines) is 2. The van der Waals surface area contributed by atoms with Gasteiger partial charge in [0.1, 0.15) is 6.17 Å². The van der Waals surface area contributed by atoms with E-state index in [1.54, 1.807) is 0 Å². The number of carbonyl (C=O) groups is 2. The molecule has 43 heavy (non-hydrogen) atoms. The maximum Gasteiger partial charge on any atom is 0.337 e. The molecular weight excluding hydrogens is 541 g/mol. The number of amides is 1. The van der Waals surface area contributed by atoms with E-state index in [9.17, 15) is 14.0 Å². The van der Waals surface area contributed by atoms with Crippen LogP contribution in [-0.2, 0) is 16.1 Å². The molecule has 6 nitrogen and oxygen atoms in total. The zero-order valence-electron chi connectivity index (χ0n) is 25.2. The Labute approximate surface area is 253 Å². The molecule has 3 fully saturated rings. The van der Waals surface area contributed by atoms with Crippen molar-refractivity contribution in [3.05, 3.63) is 64.7 Å². The Hall–Kier alpha value is -3.45. The monoisotopic (exact) mass is 583 g/mol. The van der Waals surface area contributed by atoms with Gasteiger partial charge in [0.2, 0.25) is 0 Å². The summed E-state index contributed by atoms with van der Waals surface area (Å²) in [6, 6.07) is 14.8. The van der Waals surface area contributed by atoms with E-state index in [4.69, 9.17) is 4.74 Å². The number of hydrogen-bond acceptors (Lipinski definition) is 4. The number of nitrogens with zero attached hydrogens (tertiary/aromatic N) is 3. The number of carbonyl (C=O) groups excluding carboxylic acids is 2. The molecule has 1 aliphatic carbocycles. The van der Waals surface area contributed by atoms with Gasteiger partial charge in [0.05, 0.1) is 24.9 Å². The molecule has 2 aromatic carbocycles. The van der Waals surface area contributed by atoms with Crippen LogP contribution in [0.4, 0.5) is 4.39 Å². The lowest BCUT2D eigenvalue weighted by atomic mass is 9.81. The molecule has 0 spiro atoms. The quantitative estimate of drug-likeness (QED) is 0.312. The van der Waals surface area contributed by atoms with Crippen LogP contribution in [0.1, 0.15) is 85.2 Å². The van der Waals surface area contributed by atoms with Crippen LogP contribution in [0.3, 0.4) is 0 Å². The van der Waals surface area contributed by atoms with Gasteiger partial charge in [-0.2, -0.15) is 0 Å². The molecule has 3 aliphatic heterocycles. The molecule has 0 radical (unpaired) electrons. The van der Waals surface area contributed by atoms with Crippen LogP contribution in [0.15, 0.2) is 48.0 Å². The van der Waals surface area contributed by atoms with Crippen molar-refractivity contribution in [3.8, 4) is 11.3 Å². The second-order valence-corrected chi connectivity index (χ2v) is 12.9. The summed E-state index contributed by atoms with van der Waals surface area (Å²) in [4.78, 5) is 31.3. The fourth-order valence-corrected chi connectivity index (χ4v) is 8.12. The lowest BCUT2D eigenvalue weighted by Gasteiger charge is -2.41. The number of piperidine rings is 2. The molecule has 0 unspecified atom stereocenters. The normalized spacial score (nSPS) is 20.8. The average molecular weight is 584 g/mol. The molecule has 4 aliphatic rings. The molecule has 7 rings (SSSR count). The molecule has 1 aromatic heterocycles. The van der Waals surface area contributed by atoms with E-state index in [2.05, 4.69) is 45.9 Å². The van der Waals surface area contributed by atoms with E-state index in [1.165, 1.54) is 43.0 Å². The first-order chi connectivity index (χ1) is 21.0. The molecule has 7 heteroatoms. The van der Waals surface area contributed by atoms with E-state index >= 15 is 0 Å². The third-order valence-corrected chi connectivity index (χ3v) is 10.4. The minimum Gasteiger partial charge on any atom is -0.465 e. The van der Waals surface area contributed by atoms with Crippen molar-refractivity contribution in [1.29, 1.82) is 0 Å². The van der Waals surface area contributed by atoms with Gasteiger partial charge in [-0.3, -0.25) is 4.79 Å². The standard InChI is InChI=1S/C36H42FN3O3/c1-43-36(42)26-11-12-31-32(22-26)40-23-27(35(41)39-19-15-29(16-20-39)38-17-13-28(37)14-18-38)21-25-9-5-6-10-30(25)34(40)33(31)24-7-3-2-4-8-24/h5-6,9-12,21-22,24,28-29H,2-4,7-8,13-20,23H2,1H3. The Bertz CT molecular complexity index is 1550. The van der Waals surface area contributed by atoms with Crippen LogP contribution in [0, 0.1) is 0 Å². The molecule has 226 valence electrons. The summed E-state index contributed by atoms with van der Waals surface area (Å²) in [6.45, 7) is 3.54. The number of hydrogen-bond donors (Lipinski definition) is 0. The Morgan fingerprint density at radius 2 is 1.63 bits per heavy atom. The Morgan fingerprint density at radius 3 is 2.37 bits per heavy atom. The molecule has 3 aromatic rings. The van der Waals surface area contributed by atoms with Crippen LogP contribution in [0.5, 0.6) is 0 Å². The predicted octanol–water partition coefficient (Wildman–Crippen LogP) is 6.96. The summed E-state index contributed by atoms with van der Waals surface area (Å²) in [7, 11) is 1.42. The van der Waals surface area contributed by atoms with Crippen molar-refractivity contribution >= 4 is 28.9 Å². The summed E-state index contributed by atoms with van der Waals surface area (Å²) in [5, 5.41) is 1.18. The van der Waals surface area contributed by atoms with Crippen LogP contribution in [-0.4, -0.2) is 71.7 Å². The summed E-state index contributed by atoms with van der Waals surface area (Å²) >= 11 is 0. The van der Waals surface area contributed by atoms with Gasteiger partial charge in [-0.05, 0) is 73.8 Å². The first-order valence-electron chi connectivity index (χ1n) is 16.2. The van der Waals surface area contributed by atoms with Crippen molar-refractivity contribution in [2.75, 3.05) is 33.3 Å². The maximum absolute atomic E-state index is 14.2. The lowest BCUT2D eigenvalue weighted by molar-refractivity contribution is -0.128. The number of ether oxygens (including phenoxy) is 1. The number of halogens is 1. The summed E-state index contributed by atoms with van der Waals surface area (Å²) in [6.07, 6.45) is 10.6. The van der Waals surface area contributed by atoms with Gasteiger partial charge in [0.15, 0.2) is 0 Å². The lowest BCUT2D eigenvalue weighted by Crippen LogP contribution is -2.49. The largest absolute Gasteiger partial charge is 0.465 e. The number of alkyl halides is 1. The first-order valence-corrected chi connectivity index (χ1v) is 16.2. The van der Waals surface area contributed by atoms with Gasteiger partial charge in [-0.1, -0.05) is 49.6 Å². The van der Waals surface area contributed by atoms with Crippen molar-refractivity contribution in [3.63, 3.8) is 0 Å². The van der Waals surface area contributed by atoms with Crippen molar-refractivity contribution in [2.45, 2.75) is 82.5 Å². The van der Waals surface area contributed by atoms with E-state index < -0.39 is 6.17 Å². The van der Waals surface area contributed by atoms with Gasteiger partial charge in [0.25, 0.3) is 5.91 Å². The number of methoxy groups -OCH3 is 1. The van der Waals surface area contributed by atoms with Gasteiger partial charge >= 0.3 is 5.97 Å². The molecule has 1 amide bonds. The van der Waals surface area contributed by atoms with Gasteiger partial charge in [-0.15, -0.1) is 0 Å². The maximum atomic E-state index is 14.2. The highest BCUT2D eigenvalue weighted by Gasteiger charge is 2.33. The number of benzene rings is 2. The predicted molar refractivity (Wildman–Crippen MR) is 168 cm³/mol. The molecule has 0 N–H and O–H groups in total. The smallest absolute Gasteiger partial charge is 0.337 e. The van der Waals surface area contributed by atoms with Gasteiger partial charge < -0.3 is 19.1 Å². The number of esters is 1. The molecule has 0 atom stereocenters. The van der Waals surface area contributed by atoms with E-state index in [0.717, 1.165) is 74.1 Å². The van der Waals surface area contributed by atoms with Crippen molar-refractivity contribution in [1.82, 2.24) is 14.4 Å². The van der Waals surface area contributed by atoms with Gasteiger partial charge in [-0.25, -0.2) is 9.18 Å². The van der Waals surface area contributed by atoms with Crippen LogP contribution in [0.25, 0.3) is 28.2 Å². The molecule has 1 saturated carbocycles. The van der Waals surface area contributed by atoms with Crippen molar-refractivity contribution in [2.24, 2.45) is 0 Å². The van der Waals surface area contributed by atoms with Crippen LogP contribution < -0.4 is 0 Å². The summed E-state index contributed by atoms with van der Waals surface area (Å²) < 4.78 is 21.1. The average Bonchev–Trinajstić information content (AvgIpc) is 3.27. The third kappa shape index (κ3) is 5.30. The molecule has 0 bridgehead atoms. The molecule has 4 heterocycles. The number of rotatable bonds is 4. The first kappa shape index (κ1) is 28.3. The Morgan fingerprint density at radius 1 is 0.884 bits per heavy atom. The van der Waals surface area contributed by atoms with Crippen molar-refractivity contribution < 1.29 is 18.7 Å². The van der Waals surface area contributed by atoms with E-state index in [1.807, 2.05) is 17.0 Å². The zero-order chi connectivity index (χ0) is 29.5. The van der Waals surface area contributed by atoms with Gasteiger partial charge in [0, 0.05) is 54.3 Å². The fraction of sp³-hybridized carbons (Fsp3) is 0.500. The Kier molecular flexibility index (Phi) is 7.85. The van der Waals surface area contributed by atoms with Crippen LogP contribution >= 0.6 is 0 Å². The van der Waals surface area contributed by atoms with E-state index in [0.29, 0.717) is 36.9 Å². The Balaban J connectivity index is 1.26. The topological polar surface area (TPSA) is 54.8 Å². The highest BCUT2D eigenvalue weighted by Crippen LogP contribution is 2.46.